The average molecular weight is 449 g/mol. The Labute approximate surface area is 183 Å². The number of sulfonamides is 1. The Morgan fingerprint density at radius 3 is 2.58 bits per heavy atom. The third kappa shape index (κ3) is 5.96. The van der Waals surface area contributed by atoms with Crippen LogP contribution >= 0.6 is 0 Å². The predicted octanol–water partition coefficient (Wildman–Crippen LogP) is 2.09. The minimum absolute atomic E-state index is 0.0336. The summed E-state index contributed by atoms with van der Waals surface area (Å²) in [6.07, 6.45) is 1.34. The summed E-state index contributed by atoms with van der Waals surface area (Å²) in [6, 6.07) is 12.0. The van der Waals surface area contributed by atoms with E-state index in [4.69, 9.17) is 14.2 Å². The van der Waals surface area contributed by atoms with Crippen molar-refractivity contribution in [2.45, 2.75) is 17.7 Å². The molecule has 168 valence electrons. The van der Waals surface area contributed by atoms with Crippen molar-refractivity contribution in [1.29, 1.82) is 0 Å². The fraction of sp³-hybridized carbons (Fsp3) is 0.409. The van der Waals surface area contributed by atoms with Gasteiger partial charge in [0.05, 0.1) is 37.9 Å². The van der Waals surface area contributed by atoms with E-state index in [1.165, 1.54) is 25.3 Å². The van der Waals surface area contributed by atoms with Crippen molar-refractivity contribution in [2.24, 2.45) is 0 Å². The fourth-order valence-corrected chi connectivity index (χ4v) is 4.47. The molecule has 2 aromatic carbocycles. The van der Waals surface area contributed by atoms with Gasteiger partial charge >= 0.3 is 0 Å². The molecule has 0 bridgehead atoms. The van der Waals surface area contributed by atoms with Crippen LogP contribution in [0.15, 0.2) is 47.4 Å². The molecule has 0 aromatic heterocycles. The third-order valence-corrected chi connectivity index (χ3v) is 6.54. The number of hydrogen-bond acceptors (Lipinski definition) is 6. The summed E-state index contributed by atoms with van der Waals surface area (Å²) in [4.78, 5) is 14.6. The first kappa shape index (κ1) is 23.1. The standard InChI is InChI=1S/C22H28N2O6S/c1-28-18-7-3-5-17(15-18)6-4-10-23-31(26,27)19-8-9-21(29-2)20(16-19)22(25)24-11-13-30-14-12-24/h3,5,7-9,15-16,23H,4,6,10-14H2,1-2H3. The quantitative estimate of drug-likeness (QED) is 0.591. The van der Waals surface area contributed by atoms with Gasteiger partial charge in [-0.1, -0.05) is 12.1 Å². The van der Waals surface area contributed by atoms with E-state index in [1.807, 2.05) is 24.3 Å². The van der Waals surface area contributed by atoms with E-state index >= 15 is 0 Å². The normalized spacial score (nSPS) is 14.3. The molecule has 0 spiro atoms. The Morgan fingerprint density at radius 1 is 1.10 bits per heavy atom. The summed E-state index contributed by atoms with van der Waals surface area (Å²) in [7, 11) is -0.699. The monoisotopic (exact) mass is 448 g/mol. The molecule has 1 heterocycles. The number of morpholine rings is 1. The number of methoxy groups -OCH3 is 2. The van der Waals surface area contributed by atoms with Crippen LogP contribution in [0, 0.1) is 0 Å². The lowest BCUT2D eigenvalue weighted by Gasteiger charge is -2.27. The van der Waals surface area contributed by atoms with Gasteiger partial charge in [0.15, 0.2) is 0 Å². The summed E-state index contributed by atoms with van der Waals surface area (Å²) in [5.41, 5.74) is 1.30. The molecule has 1 amide bonds. The first-order valence-electron chi connectivity index (χ1n) is 10.1. The minimum Gasteiger partial charge on any atom is -0.497 e. The number of benzene rings is 2. The van der Waals surface area contributed by atoms with Gasteiger partial charge < -0.3 is 19.1 Å². The van der Waals surface area contributed by atoms with E-state index in [9.17, 15) is 13.2 Å². The molecule has 1 aliphatic heterocycles. The third-order valence-electron chi connectivity index (χ3n) is 5.08. The first-order chi connectivity index (χ1) is 14.9. The molecule has 1 saturated heterocycles. The zero-order valence-electron chi connectivity index (χ0n) is 17.8. The number of rotatable bonds is 9. The molecule has 2 aromatic rings. The van der Waals surface area contributed by atoms with Gasteiger partial charge in [0.1, 0.15) is 11.5 Å². The summed E-state index contributed by atoms with van der Waals surface area (Å²) in [5, 5.41) is 0. The SMILES string of the molecule is COc1cccc(CCCNS(=O)(=O)c2ccc(OC)c(C(=O)N3CCOCC3)c2)c1. The summed E-state index contributed by atoms with van der Waals surface area (Å²) in [5.74, 6) is 0.845. The molecule has 8 nitrogen and oxygen atoms in total. The highest BCUT2D eigenvalue weighted by molar-refractivity contribution is 7.89. The van der Waals surface area contributed by atoms with Crippen molar-refractivity contribution >= 4 is 15.9 Å². The lowest BCUT2D eigenvalue weighted by molar-refractivity contribution is 0.0300. The maximum Gasteiger partial charge on any atom is 0.257 e. The van der Waals surface area contributed by atoms with Gasteiger partial charge in [0.2, 0.25) is 10.0 Å². The molecule has 1 aliphatic rings. The van der Waals surface area contributed by atoms with Crippen molar-refractivity contribution in [3.63, 3.8) is 0 Å². The molecule has 31 heavy (non-hydrogen) atoms. The minimum atomic E-state index is -3.76. The second kappa shape index (κ2) is 10.6. The maximum atomic E-state index is 12.9. The molecule has 0 radical (unpaired) electrons. The van der Waals surface area contributed by atoms with Crippen LogP contribution in [0.25, 0.3) is 0 Å². The van der Waals surface area contributed by atoms with E-state index in [1.54, 1.807) is 12.0 Å². The number of nitrogens with one attached hydrogen (secondary N) is 1. The molecule has 0 atom stereocenters. The van der Waals surface area contributed by atoms with Crippen LogP contribution in [-0.4, -0.2) is 66.3 Å². The van der Waals surface area contributed by atoms with Crippen LogP contribution in [0.1, 0.15) is 22.3 Å². The van der Waals surface area contributed by atoms with Crippen molar-refractivity contribution in [3.8, 4) is 11.5 Å². The molecule has 9 heteroatoms. The topological polar surface area (TPSA) is 94.2 Å². The average Bonchev–Trinajstić information content (AvgIpc) is 2.81. The maximum absolute atomic E-state index is 12.9. The number of nitrogens with zero attached hydrogens (tertiary/aromatic N) is 1. The fourth-order valence-electron chi connectivity index (χ4n) is 3.37. The Morgan fingerprint density at radius 2 is 1.87 bits per heavy atom. The number of ether oxygens (including phenoxy) is 3. The van der Waals surface area contributed by atoms with Crippen LogP contribution in [0.4, 0.5) is 0 Å². The Hall–Kier alpha value is -2.62. The zero-order chi connectivity index (χ0) is 22.3. The summed E-state index contributed by atoms with van der Waals surface area (Å²) >= 11 is 0. The van der Waals surface area contributed by atoms with Gasteiger partial charge in [-0.2, -0.15) is 0 Å². The smallest absolute Gasteiger partial charge is 0.257 e. The predicted molar refractivity (Wildman–Crippen MR) is 116 cm³/mol. The van der Waals surface area contributed by atoms with Crippen LogP contribution in [0.3, 0.4) is 0 Å². The summed E-state index contributed by atoms with van der Waals surface area (Å²) in [6.45, 7) is 2.11. The molecule has 1 N–H and O–H groups in total. The largest absolute Gasteiger partial charge is 0.497 e. The molecule has 1 fully saturated rings. The number of amides is 1. The number of carbonyl (C=O) groups is 1. The van der Waals surface area contributed by atoms with Crippen LogP contribution in [0.2, 0.25) is 0 Å². The number of carbonyl (C=O) groups excluding carboxylic acids is 1. The second-order valence-electron chi connectivity index (χ2n) is 7.12. The highest BCUT2D eigenvalue weighted by atomic mass is 32.2. The van der Waals surface area contributed by atoms with E-state index in [0.29, 0.717) is 44.9 Å². The van der Waals surface area contributed by atoms with E-state index in [2.05, 4.69) is 4.72 Å². The zero-order valence-corrected chi connectivity index (χ0v) is 18.6. The first-order valence-corrected chi connectivity index (χ1v) is 11.6. The lowest BCUT2D eigenvalue weighted by atomic mass is 10.1. The van der Waals surface area contributed by atoms with Crippen LogP contribution in [-0.2, 0) is 21.2 Å². The lowest BCUT2D eigenvalue weighted by Crippen LogP contribution is -2.40. The molecular weight excluding hydrogens is 420 g/mol. The van der Waals surface area contributed by atoms with Gasteiger partial charge in [-0.25, -0.2) is 13.1 Å². The molecule has 0 aliphatic carbocycles. The Kier molecular flexibility index (Phi) is 7.89. The molecule has 0 saturated carbocycles. The summed E-state index contributed by atoms with van der Waals surface area (Å²) < 4.78 is 43.9. The van der Waals surface area contributed by atoms with E-state index in [-0.39, 0.29) is 22.9 Å². The van der Waals surface area contributed by atoms with Gasteiger partial charge in [-0.15, -0.1) is 0 Å². The van der Waals surface area contributed by atoms with Crippen LogP contribution in [0.5, 0.6) is 11.5 Å². The van der Waals surface area contributed by atoms with Crippen molar-refractivity contribution in [2.75, 3.05) is 47.1 Å². The van der Waals surface area contributed by atoms with Crippen molar-refractivity contribution < 1.29 is 27.4 Å². The highest BCUT2D eigenvalue weighted by Gasteiger charge is 2.24. The van der Waals surface area contributed by atoms with Crippen molar-refractivity contribution in [1.82, 2.24) is 9.62 Å². The Bertz CT molecular complexity index is 1000. The van der Waals surface area contributed by atoms with Crippen LogP contribution < -0.4 is 14.2 Å². The number of aryl methyl sites for hydroxylation is 1. The molecular formula is C22H28N2O6S. The van der Waals surface area contributed by atoms with Gasteiger partial charge in [0.25, 0.3) is 5.91 Å². The van der Waals surface area contributed by atoms with E-state index < -0.39 is 10.0 Å². The highest BCUT2D eigenvalue weighted by Crippen LogP contribution is 2.24. The van der Waals surface area contributed by atoms with Gasteiger partial charge in [-0.05, 0) is 48.7 Å². The second-order valence-corrected chi connectivity index (χ2v) is 8.89. The van der Waals surface area contributed by atoms with Gasteiger partial charge in [0, 0.05) is 19.6 Å². The van der Waals surface area contributed by atoms with Crippen molar-refractivity contribution in [3.05, 3.63) is 53.6 Å². The molecule has 0 unspecified atom stereocenters. The van der Waals surface area contributed by atoms with Gasteiger partial charge in [-0.3, -0.25) is 4.79 Å². The Balaban J connectivity index is 1.66. The number of hydrogen-bond donors (Lipinski definition) is 1. The molecule has 3 rings (SSSR count). The van der Waals surface area contributed by atoms with E-state index in [0.717, 1.165) is 11.3 Å².